The number of piperidine rings is 1. The van der Waals surface area contributed by atoms with Gasteiger partial charge in [0.25, 0.3) is 0 Å². The van der Waals surface area contributed by atoms with E-state index in [1.165, 1.54) is 12.8 Å². The predicted octanol–water partition coefficient (Wildman–Crippen LogP) is 0.481. The summed E-state index contributed by atoms with van der Waals surface area (Å²) in [5.74, 6) is 0.722. The van der Waals surface area contributed by atoms with E-state index in [2.05, 4.69) is 5.32 Å². The number of nitrogens with one attached hydrogen (secondary N) is 1. The van der Waals surface area contributed by atoms with Crippen molar-refractivity contribution in [1.82, 2.24) is 10.2 Å². The second-order valence-corrected chi connectivity index (χ2v) is 5.16. The van der Waals surface area contributed by atoms with Crippen molar-refractivity contribution in [1.29, 1.82) is 0 Å². The highest BCUT2D eigenvalue weighted by molar-refractivity contribution is 5.73. The number of hydrogen-bond acceptors (Lipinski definition) is 3. The number of rotatable bonds is 2. The first-order chi connectivity index (χ1) is 7.68. The van der Waals surface area contributed by atoms with Crippen LogP contribution in [-0.4, -0.2) is 50.7 Å². The molecule has 1 N–H and O–H groups in total. The molecule has 0 aliphatic carbocycles. The van der Waals surface area contributed by atoms with Gasteiger partial charge in [0.1, 0.15) is 0 Å². The van der Waals surface area contributed by atoms with Crippen LogP contribution in [0.1, 0.15) is 19.8 Å². The van der Waals surface area contributed by atoms with E-state index in [1.54, 1.807) is 14.0 Å². The van der Waals surface area contributed by atoms with Crippen molar-refractivity contribution in [2.24, 2.45) is 11.3 Å². The lowest BCUT2D eigenvalue weighted by Crippen LogP contribution is -2.43. The van der Waals surface area contributed by atoms with E-state index in [1.807, 2.05) is 4.90 Å². The predicted molar refractivity (Wildman–Crippen MR) is 62.2 cm³/mol. The van der Waals surface area contributed by atoms with E-state index in [0.29, 0.717) is 11.3 Å². The molecule has 2 saturated heterocycles. The Kier molecular flexibility index (Phi) is 3.50. The number of ether oxygens (including phenoxy) is 1. The van der Waals surface area contributed by atoms with Crippen molar-refractivity contribution in [3.8, 4) is 0 Å². The van der Waals surface area contributed by atoms with Crippen LogP contribution in [0.3, 0.4) is 0 Å². The first kappa shape index (κ1) is 11.9. The molecule has 2 fully saturated rings. The lowest BCUT2D eigenvalue weighted by atomic mass is 9.71. The fraction of sp³-hybridized carbons (Fsp3) is 0.917. The standard InChI is InChI=1S/C12H22N2O2/c1-10(15)14-7-11(8-16-2)12(9-14)3-5-13-6-4-12/h11,13H,3-9H2,1-2H3/t11-/m0/s1. The zero-order chi connectivity index (χ0) is 11.6. The third kappa shape index (κ3) is 2.09. The number of likely N-dealkylation sites (tertiary alicyclic amines) is 1. The largest absolute Gasteiger partial charge is 0.384 e. The number of nitrogens with zero attached hydrogens (tertiary/aromatic N) is 1. The van der Waals surface area contributed by atoms with Crippen LogP contribution < -0.4 is 5.32 Å². The lowest BCUT2D eigenvalue weighted by Gasteiger charge is -2.38. The molecule has 2 heterocycles. The molecule has 0 aromatic carbocycles. The van der Waals surface area contributed by atoms with Crippen LogP contribution in [0.15, 0.2) is 0 Å². The van der Waals surface area contributed by atoms with Gasteiger partial charge in [-0.05, 0) is 31.3 Å². The van der Waals surface area contributed by atoms with Crippen molar-refractivity contribution < 1.29 is 9.53 Å². The third-order valence-electron chi connectivity index (χ3n) is 4.23. The van der Waals surface area contributed by atoms with E-state index >= 15 is 0 Å². The van der Waals surface area contributed by atoms with E-state index in [-0.39, 0.29) is 5.91 Å². The van der Waals surface area contributed by atoms with Gasteiger partial charge < -0.3 is 15.0 Å². The zero-order valence-corrected chi connectivity index (χ0v) is 10.3. The monoisotopic (exact) mass is 226 g/mol. The molecule has 2 aliphatic heterocycles. The Morgan fingerprint density at radius 1 is 1.50 bits per heavy atom. The molecule has 1 amide bonds. The van der Waals surface area contributed by atoms with Crippen molar-refractivity contribution in [2.75, 3.05) is 39.9 Å². The summed E-state index contributed by atoms with van der Waals surface area (Å²) in [5.41, 5.74) is 0.312. The summed E-state index contributed by atoms with van der Waals surface area (Å²) in [5, 5.41) is 3.40. The number of hydrogen-bond donors (Lipinski definition) is 1. The molecule has 0 radical (unpaired) electrons. The molecule has 2 aliphatic rings. The second kappa shape index (κ2) is 4.72. The van der Waals surface area contributed by atoms with Crippen LogP contribution in [0.25, 0.3) is 0 Å². The Hall–Kier alpha value is -0.610. The topological polar surface area (TPSA) is 41.6 Å². The van der Waals surface area contributed by atoms with Gasteiger partial charge in [0.05, 0.1) is 6.61 Å². The van der Waals surface area contributed by atoms with Crippen molar-refractivity contribution in [2.45, 2.75) is 19.8 Å². The minimum absolute atomic E-state index is 0.205. The second-order valence-electron chi connectivity index (χ2n) is 5.16. The maximum absolute atomic E-state index is 11.5. The lowest BCUT2D eigenvalue weighted by molar-refractivity contribution is -0.128. The van der Waals surface area contributed by atoms with Crippen LogP contribution in [0.4, 0.5) is 0 Å². The van der Waals surface area contributed by atoms with Gasteiger partial charge in [0.15, 0.2) is 0 Å². The summed E-state index contributed by atoms with van der Waals surface area (Å²) in [4.78, 5) is 13.5. The quantitative estimate of drug-likeness (QED) is 0.744. The normalized spacial score (nSPS) is 28.6. The van der Waals surface area contributed by atoms with Crippen molar-refractivity contribution in [3.63, 3.8) is 0 Å². The van der Waals surface area contributed by atoms with Gasteiger partial charge in [-0.1, -0.05) is 0 Å². The van der Waals surface area contributed by atoms with E-state index in [9.17, 15) is 4.79 Å². The molecule has 0 saturated carbocycles. The molecule has 1 spiro atoms. The zero-order valence-electron chi connectivity index (χ0n) is 10.3. The summed E-state index contributed by atoms with van der Waals surface area (Å²) in [7, 11) is 1.76. The van der Waals surface area contributed by atoms with Crippen LogP contribution in [-0.2, 0) is 9.53 Å². The molecular formula is C12H22N2O2. The average Bonchev–Trinajstić information content (AvgIpc) is 2.60. The SMILES string of the molecule is COC[C@@H]1CN(C(C)=O)CC12CCNCC2. The van der Waals surface area contributed by atoms with Crippen LogP contribution in [0.5, 0.6) is 0 Å². The Balaban J connectivity index is 2.10. The summed E-state index contributed by atoms with van der Waals surface area (Å²) < 4.78 is 5.32. The van der Waals surface area contributed by atoms with Gasteiger partial charge in [0, 0.05) is 33.0 Å². The molecule has 0 unspecified atom stereocenters. The van der Waals surface area contributed by atoms with Gasteiger partial charge >= 0.3 is 0 Å². The van der Waals surface area contributed by atoms with Gasteiger partial charge in [0.2, 0.25) is 5.91 Å². The van der Waals surface area contributed by atoms with Crippen LogP contribution >= 0.6 is 0 Å². The van der Waals surface area contributed by atoms with Gasteiger partial charge in [-0.15, -0.1) is 0 Å². The van der Waals surface area contributed by atoms with E-state index in [0.717, 1.165) is 32.8 Å². The molecule has 16 heavy (non-hydrogen) atoms. The molecule has 1 atom stereocenters. The Bertz CT molecular complexity index is 262. The summed E-state index contributed by atoms with van der Waals surface area (Å²) >= 11 is 0. The molecule has 2 rings (SSSR count). The third-order valence-corrected chi connectivity index (χ3v) is 4.23. The minimum Gasteiger partial charge on any atom is -0.384 e. The van der Waals surface area contributed by atoms with Crippen LogP contribution in [0.2, 0.25) is 0 Å². The number of amides is 1. The Morgan fingerprint density at radius 2 is 2.19 bits per heavy atom. The molecule has 0 bridgehead atoms. The molecular weight excluding hydrogens is 204 g/mol. The number of carbonyl (C=O) groups is 1. The smallest absolute Gasteiger partial charge is 0.219 e. The highest BCUT2D eigenvalue weighted by Crippen LogP contribution is 2.43. The van der Waals surface area contributed by atoms with Gasteiger partial charge in [-0.2, -0.15) is 0 Å². The number of carbonyl (C=O) groups excluding carboxylic acids is 1. The fourth-order valence-electron chi connectivity index (χ4n) is 3.20. The summed E-state index contributed by atoms with van der Waals surface area (Å²) in [6.45, 7) is 6.41. The Morgan fingerprint density at radius 3 is 2.75 bits per heavy atom. The fourth-order valence-corrected chi connectivity index (χ4v) is 3.20. The maximum atomic E-state index is 11.5. The molecule has 0 aromatic heterocycles. The summed E-state index contributed by atoms with van der Waals surface area (Å²) in [6, 6.07) is 0. The summed E-state index contributed by atoms with van der Waals surface area (Å²) in [6.07, 6.45) is 2.34. The van der Waals surface area contributed by atoms with E-state index < -0.39 is 0 Å². The van der Waals surface area contributed by atoms with Gasteiger partial charge in [-0.3, -0.25) is 4.79 Å². The average molecular weight is 226 g/mol. The van der Waals surface area contributed by atoms with Crippen LogP contribution in [0, 0.1) is 11.3 Å². The highest BCUT2D eigenvalue weighted by Gasteiger charge is 2.47. The first-order valence-electron chi connectivity index (χ1n) is 6.13. The van der Waals surface area contributed by atoms with Crippen molar-refractivity contribution in [3.05, 3.63) is 0 Å². The van der Waals surface area contributed by atoms with E-state index in [4.69, 9.17) is 4.74 Å². The maximum Gasteiger partial charge on any atom is 0.219 e. The van der Waals surface area contributed by atoms with Crippen molar-refractivity contribution >= 4 is 5.91 Å². The number of methoxy groups -OCH3 is 1. The molecule has 92 valence electrons. The Labute approximate surface area is 97.3 Å². The minimum atomic E-state index is 0.205. The molecule has 0 aromatic rings. The first-order valence-corrected chi connectivity index (χ1v) is 6.13. The molecule has 4 heteroatoms. The highest BCUT2D eigenvalue weighted by atomic mass is 16.5. The van der Waals surface area contributed by atoms with Gasteiger partial charge in [-0.25, -0.2) is 0 Å². The molecule has 4 nitrogen and oxygen atoms in total.